The first kappa shape index (κ1) is 17.1. The van der Waals surface area contributed by atoms with Crippen LogP contribution >= 0.6 is 0 Å². The molecule has 7 nitrogen and oxygen atoms in total. The van der Waals surface area contributed by atoms with Crippen molar-refractivity contribution in [1.82, 2.24) is 14.9 Å². The van der Waals surface area contributed by atoms with Gasteiger partial charge in [0.1, 0.15) is 12.0 Å². The molecule has 0 radical (unpaired) electrons. The molecule has 2 aromatic rings. The van der Waals surface area contributed by atoms with Gasteiger partial charge >= 0.3 is 0 Å². The Morgan fingerprint density at radius 1 is 1.19 bits per heavy atom. The van der Waals surface area contributed by atoms with Gasteiger partial charge in [-0.05, 0) is 5.56 Å². The normalized spacial score (nSPS) is 24.9. The Hall–Kier alpha value is -2.35. The number of aliphatic hydroxyl groups is 1. The molecular weight excluding hydrogens is 330 g/mol. The molecule has 0 saturated carbocycles. The third-order valence-corrected chi connectivity index (χ3v) is 4.99. The van der Waals surface area contributed by atoms with Crippen LogP contribution in [0, 0.1) is 5.92 Å². The number of benzene rings is 1. The van der Waals surface area contributed by atoms with Crippen molar-refractivity contribution < 1.29 is 9.84 Å². The minimum Gasteiger partial charge on any atom is -0.391 e. The lowest BCUT2D eigenvalue weighted by molar-refractivity contribution is 0.0448. The van der Waals surface area contributed by atoms with Crippen molar-refractivity contribution in [3.05, 3.63) is 47.9 Å². The quantitative estimate of drug-likeness (QED) is 0.814. The maximum absolute atomic E-state index is 10.4. The van der Waals surface area contributed by atoms with Crippen LogP contribution in [0.25, 0.3) is 0 Å². The van der Waals surface area contributed by atoms with Crippen LogP contribution in [0.15, 0.2) is 41.7 Å². The Morgan fingerprint density at radius 2 is 2.04 bits per heavy atom. The first-order valence-electron chi connectivity index (χ1n) is 8.87. The highest BCUT2D eigenvalue weighted by molar-refractivity contribution is 5.83. The number of ether oxygens (including phenoxy) is 1. The summed E-state index contributed by atoms with van der Waals surface area (Å²) in [7, 11) is 0. The smallest absolute Gasteiger partial charge is 0.153 e. The van der Waals surface area contributed by atoms with Crippen LogP contribution in [-0.2, 0) is 11.3 Å². The molecule has 3 heterocycles. The van der Waals surface area contributed by atoms with Gasteiger partial charge in [-0.1, -0.05) is 30.3 Å². The van der Waals surface area contributed by atoms with Gasteiger partial charge in [-0.3, -0.25) is 9.89 Å². The standard InChI is InChI=1S/C19H23N5O2/c20-19-18-17(22-12-23-19)14(6-21-18)7-24-8-15(16(25)9-24)11-26-10-13-4-2-1-3-5-13/h1-6,12,14-16,25H,7-11H2,(H2,20,22,23)/t14?,15-,16-/m0/s1. The summed E-state index contributed by atoms with van der Waals surface area (Å²) in [6, 6.07) is 10.1. The van der Waals surface area contributed by atoms with Crippen LogP contribution in [0.1, 0.15) is 17.2 Å². The average Bonchev–Trinajstić information content (AvgIpc) is 3.21. The number of β-amino-alcohol motifs (C(OH)–C–C–N with tert-alkyl or cyclic N) is 1. The fourth-order valence-electron chi connectivity index (χ4n) is 3.61. The molecule has 0 aliphatic carbocycles. The van der Waals surface area contributed by atoms with Crippen molar-refractivity contribution in [3.8, 4) is 0 Å². The summed E-state index contributed by atoms with van der Waals surface area (Å²) in [5.41, 5.74) is 8.55. The molecule has 0 bridgehead atoms. The highest BCUT2D eigenvalue weighted by Gasteiger charge is 2.34. The third-order valence-electron chi connectivity index (χ3n) is 4.99. The number of nitrogens with zero attached hydrogens (tertiary/aromatic N) is 4. The minimum absolute atomic E-state index is 0.0893. The SMILES string of the molecule is Nc1ncnc2c1N=CC2CN1C[C@@H](COCc2ccccc2)[C@@H](O)C1. The zero-order chi connectivity index (χ0) is 17.9. The molecule has 1 fully saturated rings. The molecule has 2 aliphatic rings. The molecule has 0 amide bonds. The number of aliphatic hydroxyl groups excluding tert-OH is 1. The number of fused-ring (bicyclic) bond motifs is 1. The monoisotopic (exact) mass is 353 g/mol. The second kappa shape index (κ2) is 7.49. The summed E-state index contributed by atoms with van der Waals surface area (Å²) in [5, 5.41) is 10.4. The number of hydrogen-bond acceptors (Lipinski definition) is 7. The number of aliphatic imine (C=N–C) groups is 1. The maximum Gasteiger partial charge on any atom is 0.153 e. The molecule has 1 saturated heterocycles. The predicted octanol–water partition coefficient (Wildman–Crippen LogP) is 1.37. The summed E-state index contributed by atoms with van der Waals surface area (Å²) in [6.07, 6.45) is 2.98. The van der Waals surface area contributed by atoms with E-state index in [0.29, 0.717) is 31.3 Å². The third kappa shape index (κ3) is 3.60. The van der Waals surface area contributed by atoms with Crippen LogP contribution in [0.2, 0.25) is 0 Å². The fraction of sp³-hybridized carbons (Fsp3) is 0.421. The van der Waals surface area contributed by atoms with E-state index in [4.69, 9.17) is 10.5 Å². The van der Waals surface area contributed by atoms with E-state index in [2.05, 4.69) is 19.9 Å². The maximum atomic E-state index is 10.4. The van der Waals surface area contributed by atoms with Crippen molar-refractivity contribution >= 4 is 17.7 Å². The lowest BCUT2D eigenvalue weighted by Gasteiger charge is -2.19. The van der Waals surface area contributed by atoms with Gasteiger partial charge < -0.3 is 15.6 Å². The molecule has 4 rings (SSSR count). The van der Waals surface area contributed by atoms with E-state index in [0.717, 1.165) is 24.3 Å². The number of hydrogen-bond donors (Lipinski definition) is 2. The molecule has 3 atom stereocenters. The largest absolute Gasteiger partial charge is 0.391 e. The first-order valence-corrected chi connectivity index (χ1v) is 8.87. The number of nitrogens with two attached hydrogens (primary N) is 1. The fourth-order valence-corrected chi connectivity index (χ4v) is 3.61. The van der Waals surface area contributed by atoms with Crippen molar-refractivity contribution in [1.29, 1.82) is 0 Å². The van der Waals surface area contributed by atoms with E-state index >= 15 is 0 Å². The summed E-state index contributed by atoms with van der Waals surface area (Å²) in [5.74, 6) is 0.626. The number of likely N-dealkylation sites (tertiary alicyclic amines) is 1. The van der Waals surface area contributed by atoms with Gasteiger partial charge in [0.15, 0.2) is 5.82 Å². The van der Waals surface area contributed by atoms with E-state index in [9.17, 15) is 5.11 Å². The zero-order valence-electron chi connectivity index (χ0n) is 14.5. The molecular formula is C19H23N5O2. The van der Waals surface area contributed by atoms with Gasteiger partial charge in [-0.25, -0.2) is 9.97 Å². The predicted molar refractivity (Wildman–Crippen MR) is 99.4 cm³/mol. The molecule has 2 aliphatic heterocycles. The topological polar surface area (TPSA) is 96.9 Å². The van der Waals surface area contributed by atoms with E-state index in [1.165, 1.54) is 6.33 Å². The zero-order valence-corrected chi connectivity index (χ0v) is 14.5. The van der Waals surface area contributed by atoms with E-state index in [1.807, 2.05) is 36.5 Å². The van der Waals surface area contributed by atoms with Crippen LogP contribution in [-0.4, -0.2) is 58.5 Å². The second-order valence-electron chi connectivity index (χ2n) is 6.92. The number of aromatic nitrogens is 2. The molecule has 7 heteroatoms. The Morgan fingerprint density at radius 3 is 2.88 bits per heavy atom. The van der Waals surface area contributed by atoms with Crippen LogP contribution in [0.3, 0.4) is 0 Å². The van der Waals surface area contributed by atoms with E-state index in [1.54, 1.807) is 0 Å². The van der Waals surface area contributed by atoms with Gasteiger partial charge in [-0.15, -0.1) is 0 Å². The lowest BCUT2D eigenvalue weighted by atomic mass is 10.1. The molecule has 1 aromatic carbocycles. The number of anilines is 1. The van der Waals surface area contributed by atoms with Gasteiger partial charge in [0, 0.05) is 31.8 Å². The summed E-state index contributed by atoms with van der Waals surface area (Å²) >= 11 is 0. The highest BCUT2D eigenvalue weighted by atomic mass is 16.5. The van der Waals surface area contributed by atoms with Crippen molar-refractivity contribution in [2.75, 3.05) is 32.0 Å². The summed E-state index contributed by atoms with van der Waals surface area (Å²) in [4.78, 5) is 14.9. The Bertz CT molecular complexity index is 783. The van der Waals surface area contributed by atoms with Gasteiger partial charge in [-0.2, -0.15) is 0 Å². The Kier molecular flexibility index (Phi) is 4.92. The van der Waals surface area contributed by atoms with Gasteiger partial charge in [0.2, 0.25) is 0 Å². The average molecular weight is 353 g/mol. The number of rotatable bonds is 6. The van der Waals surface area contributed by atoms with Gasteiger partial charge in [0.25, 0.3) is 0 Å². The molecule has 1 unspecified atom stereocenters. The van der Waals surface area contributed by atoms with Crippen molar-refractivity contribution in [3.63, 3.8) is 0 Å². The first-order chi connectivity index (χ1) is 12.7. The Balaban J connectivity index is 1.29. The number of nitrogen functional groups attached to an aromatic ring is 1. The van der Waals surface area contributed by atoms with Crippen LogP contribution < -0.4 is 5.73 Å². The van der Waals surface area contributed by atoms with E-state index in [-0.39, 0.29) is 17.9 Å². The lowest BCUT2D eigenvalue weighted by Crippen LogP contribution is -2.28. The summed E-state index contributed by atoms with van der Waals surface area (Å²) in [6.45, 7) is 3.33. The van der Waals surface area contributed by atoms with Gasteiger partial charge in [0.05, 0.1) is 30.9 Å². The van der Waals surface area contributed by atoms with Crippen molar-refractivity contribution in [2.45, 2.75) is 18.6 Å². The van der Waals surface area contributed by atoms with Crippen LogP contribution in [0.5, 0.6) is 0 Å². The minimum atomic E-state index is -0.376. The molecule has 3 N–H and O–H groups in total. The van der Waals surface area contributed by atoms with E-state index < -0.39 is 0 Å². The van der Waals surface area contributed by atoms with Crippen LogP contribution in [0.4, 0.5) is 11.5 Å². The Labute approximate surface area is 152 Å². The molecule has 0 spiro atoms. The molecule has 1 aromatic heterocycles. The molecule has 26 heavy (non-hydrogen) atoms. The molecule has 136 valence electrons. The summed E-state index contributed by atoms with van der Waals surface area (Å²) < 4.78 is 5.81. The van der Waals surface area contributed by atoms with Crippen molar-refractivity contribution in [2.24, 2.45) is 10.9 Å². The second-order valence-corrected chi connectivity index (χ2v) is 6.92. The highest BCUT2D eigenvalue weighted by Crippen LogP contribution is 2.34.